The minimum atomic E-state index is -0.161. The van der Waals surface area contributed by atoms with Crippen molar-refractivity contribution in [1.29, 1.82) is 0 Å². The van der Waals surface area contributed by atoms with Gasteiger partial charge in [0.1, 0.15) is 5.75 Å². The molecular formula is C12H18N4O2. The van der Waals surface area contributed by atoms with Gasteiger partial charge < -0.3 is 15.8 Å². The first-order chi connectivity index (χ1) is 8.63. The molecule has 1 heterocycles. The van der Waals surface area contributed by atoms with E-state index in [-0.39, 0.29) is 18.7 Å². The van der Waals surface area contributed by atoms with E-state index in [9.17, 15) is 4.79 Å². The lowest BCUT2D eigenvalue weighted by molar-refractivity contribution is -0.123. The molecule has 1 aromatic carbocycles. The maximum absolute atomic E-state index is 11.6. The van der Waals surface area contributed by atoms with Crippen LogP contribution < -0.4 is 26.6 Å². The molecule has 1 aromatic rings. The summed E-state index contributed by atoms with van der Waals surface area (Å²) in [7, 11) is 0. The minimum Gasteiger partial charge on any atom is -0.484 e. The molecule has 1 fully saturated rings. The molecular weight excluding hydrogens is 232 g/mol. The SMILES string of the molecule is CC1CC(NC(=O)COc2cccc(N)c2)NN1. The number of hydrogen-bond donors (Lipinski definition) is 4. The molecule has 98 valence electrons. The van der Waals surface area contributed by atoms with Crippen molar-refractivity contribution in [3.05, 3.63) is 24.3 Å². The Bertz CT molecular complexity index is 424. The van der Waals surface area contributed by atoms with E-state index in [0.29, 0.717) is 17.5 Å². The molecule has 1 saturated heterocycles. The molecule has 1 aliphatic heterocycles. The molecule has 18 heavy (non-hydrogen) atoms. The number of hydrogen-bond acceptors (Lipinski definition) is 5. The molecule has 1 amide bonds. The van der Waals surface area contributed by atoms with Crippen LogP contribution in [-0.2, 0) is 4.79 Å². The Morgan fingerprint density at radius 2 is 2.39 bits per heavy atom. The van der Waals surface area contributed by atoms with E-state index >= 15 is 0 Å². The van der Waals surface area contributed by atoms with Gasteiger partial charge in [-0.1, -0.05) is 6.07 Å². The third-order valence-corrected chi connectivity index (χ3v) is 2.66. The Labute approximate surface area is 106 Å². The molecule has 0 saturated carbocycles. The first kappa shape index (κ1) is 12.7. The summed E-state index contributed by atoms with van der Waals surface area (Å²) in [5.74, 6) is 0.432. The number of amides is 1. The number of anilines is 1. The molecule has 0 bridgehead atoms. The summed E-state index contributed by atoms with van der Waals surface area (Å²) in [5, 5.41) is 2.83. The van der Waals surface area contributed by atoms with Crippen LogP contribution >= 0.6 is 0 Å². The quantitative estimate of drug-likeness (QED) is 0.564. The monoisotopic (exact) mass is 250 g/mol. The zero-order chi connectivity index (χ0) is 13.0. The molecule has 1 aliphatic rings. The Balaban J connectivity index is 1.75. The van der Waals surface area contributed by atoms with E-state index in [2.05, 4.69) is 16.2 Å². The van der Waals surface area contributed by atoms with Gasteiger partial charge in [0.15, 0.2) is 6.61 Å². The molecule has 0 aliphatic carbocycles. The lowest BCUT2D eigenvalue weighted by Crippen LogP contribution is -2.45. The van der Waals surface area contributed by atoms with E-state index < -0.39 is 0 Å². The maximum atomic E-state index is 11.6. The average Bonchev–Trinajstić information content (AvgIpc) is 2.72. The molecule has 5 N–H and O–H groups in total. The van der Waals surface area contributed by atoms with E-state index in [1.54, 1.807) is 24.3 Å². The highest BCUT2D eigenvalue weighted by atomic mass is 16.5. The molecule has 6 heteroatoms. The second kappa shape index (κ2) is 5.70. The fourth-order valence-corrected chi connectivity index (χ4v) is 1.80. The summed E-state index contributed by atoms with van der Waals surface area (Å²) in [6, 6.07) is 7.35. The van der Waals surface area contributed by atoms with Gasteiger partial charge in [-0.25, -0.2) is 5.43 Å². The van der Waals surface area contributed by atoms with Crippen LogP contribution in [0.1, 0.15) is 13.3 Å². The number of nitrogen functional groups attached to an aromatic ring is 1. The van der Waals surface area contributed by atoms with Gasteiger partial charge in [-0.3, -0.25) is 10.2 Å². The first-order valence-electron chi connectivity index (χ1n) is 5.92. The molecule has 2 rings (SSSR count). The van der Waals surface area contributed by atoms with Crippen molar-refractivity contribution in [3.63, 3.8) is 0 Å². The van der Waals surface area contributed by atoms with Crippen LogP contribution in [0.5, 0.6) is 5.75 Å². The highest BCUT2D eigenvalue weighted by Gasteiger charge is 2.21. The number of nitrogens with one attached hydrogen (secondary N) is 3. The topological polar surface area (TPSA) is 88.4 Å². The smallest absolute Gasteiger partial charge is 0.259 e. The zero-order valence-electron chi connectivity index (χ0n) is 10.3. The Morgan fingerprint density at radius 1 is 1.56 bits per heavy atom. The maximum Gasteiger partial charge on any atom is 0.259 e. The van der Waals surface area contributed by atoms with Gasteiger partial charge in [0.05, 0.1) is 6.17 Å². The lowest BCUT2D eigenvalue weighted by atomic mass is 10.2. The number of rotatable bonds is 4. The van der Waals surface area contributed by atoms with Gasteiger partial charge in [-0.2, -0.15) is 0 Å². The zero-order valence-corrected chi connectivity index (χ0v) is 10.3. The predicted octanol–water partition coefficient (Wildman–Crippen LogP) is -0.0237. The van der Waals surface area contributed by atoms with Gasteiger partial charge in [-0.05, 0) is 25.5 Å². The number of hydrazine groups is 1. The second-order valence-electron chi connectivity index (χ2n) is 4.41. The van der Waals surface area contributed by atoms with Crippen LogP contribution in [0.15, 0.2) is 24.3 Å². The summed E-state index contributed by atoms with van der Waals surface area (Å²) >= 11 is 0. The lowest BCUT2D eigenvalue weighted by Gasteiger charge is -2.12. The van der Waals surface area contributed by atoms with Crippen molar-refractivity contribution in [2.24, 2.45) is 0 Å². The van der Waals surface area contributed by atoms with Gasteiger partial charge in [0.2, 0.25) is 0 Å². The molecule has 0 radical (unpaired) electrons. The first-order valence-corrected chi connectivity index (χ1v) is 5.92. The van der Waals surface area contributed by atoms with Crippen LogP contribution in [-0.4, -0.2) is 24.7 Å². The van der Waals surface area contributed by atoms with Gasteiger partial charge in [-0.15, -0.1) is 0 Å². The van der Waals surface area contributed by atoms with E-state index in [1.165, 1.54) is 0 Å². The van der Waals surface area contributed by atoms with Crippen molar-refractivity contribution in [3.8, 4) is 5.75 Å². The predicted molar refractivity (Wildman–Crippen MR) is 68.6 cm³/mol. The van der Waals surface area contributed by atoms with Crippen LogP contribution in [0.4, 0.5) is 5.69 Å². The normalized spacial score (nSPS) is 22.7. The third kappa shape index (κ3) is 3.61. The molecule has 2 atom stereocenters. The van der Waals surface area contributed by atoms with Gasteiger partial charge in [0, 0.05) is 17.8 Å². The number of carbonyl (C=O) groups excluding carboxylic acids is 1. The van der Waals surface area contributed by atoms with Crippen molar-refractivity contribution in [2.75, 3.05) is 12.3 Å². The summed E-state index contributed by atoms with van der Waals surface area (Å²) in [5.41, 5.74) is 12.2. The standard InChI is InChI=1S/C12H18N4O2/c1-8-5-11(16-15-8)14-12(17)7-18-10-4-2-3-9(13)6-10/h2-4,6,8,11,15-16H,5,7,13H2,1H3,(H,14,17). The van der Waals surface area contributed by atoms with E-state index in [0.717, 1.165) is 6.42 Å². The molecule has 0 spiro atoms. The molecule has 6 nitrogen and oxygen atoms in total. The number of ether oxygens (including phenoxy) is 1. The van der Waals surface area contributed by atoms with Crippen LogP contribution in [0.25, 0.3) is 0 Å². The highest BCUT2D eigenvalue weighted by Crippen LogP contribution is 2.14. The van der Waals surface area contributed by atoms with Crippen molar-refractivity contribution < 1.29 is 9.53 Å². The minimum absolute atomic E-state index is 0.0178. The fourth-order valence-electron chi connectivity index (χ4n) is 1.80. The largest absolute Gasteiger partial charge is 0.484 e. The van der Waals surface area contributed by atoms with Gasteiger partial charge in [0.25, 0.3) is 5.91 Å². The Morgan fingerprint density at radius 3 is 3.06 bits per heavy atom. The van der Waals surface area contributed by atoms with E-state index in [1.807, 2.05) is 6.92 Å². The van der Waals surface area contributed by atoms with Crippen LogP contribution in [0, 0.1) is 0 Å². The highest BCUT2D eigenvalue weighted by molar-refractivity contribution is 5.77. The number of benzene rings is 1. The summed E-state index contributed by atoms with van der Waals surface area (Å²) in [6.45, 7) is 2.03. The average molecular weight is 250 g/mol. The van der Waals surface area contributed by atoms with Crippen LogP contribution in [0.2, 0.25) is 0 Å². The van der Waals surface area contributed by atoms with Crippen molar-refractivity contribution in [2.45, 2.75) is 25.6 Å². The van der Waals surface area contributed by atoms with Crippen molar-refractivity contribution in [1.82, 2.24) is 16.2 Å². The Hall–Kier alpha value is -1.79. The second-order valence-corrected chi connectivity index (χ2v) is 4.41. The molecule has 2 unspecified atom stereocenters. The van der Waals surface area contributed by atoms with Crippen molar-refractivity contribution >= 4 is 11.6 Å². The Kier molecular flexibility index (Phi) is 4.01. The fraction of sp³-hybridized carbons (Fsp3) is 0.417. The third-order valence-electron chi connectivity index (χ3n) is 2.66. The van der Waals surface area contributed by atoms with Crippen LogP contribution in [0.3, 0.4) is 0 Å². The summed E-state index contributed by atoms with van der Waals surface area (Å²) < 4.78 is 5.35. The number of carbonyl (C=O) groups is 1. The summed E-state index contributed by atoms with van der Waals surface area (Å²) in [6.07, 6.45) is 0.807. The molecule has 0 aromatic heterocycles. The number of nitrogens with two attached hydrogens (primary N) is 1. The van der Waals surface area contributed by atoms with E-state index in [4.69, 9.17) is 10.5 Å². The summed E-state index contributed by atoms with van der Waals surface area (Å²) in [4.78, 5) is 11.6. The van der Waals surface area contributed by atoms with Gasteiger partial charge >= 0.3 is 0 Å².